The van der Waals surface area contributed by atoms with Crippen LogP contribution >= 0.6 is 0 Å². The number of nitrogens with one attached hydrogen (secondary N) is 2. The van der Waals surface area contributed by atoms with E-state index in [4.69, 9.17) is 4.74 Å². The lowest BCUT2D eigenvalue weighted by Gasteiger charge is -2.26. The monoisotopic (exact) mass is 352 g/mol. The van der Waals surface area contributed by atoms with Crippen LogP contribution < -0.4 is 10.6 Å². The molecule has 1 amide bonds. The van der Waals surface area contributed by atoms with Crippen LogP contribution in [0.15, 0.2) is 48.5 Å². The van der Waals surface area contributed by atoms with Gasteiger partial charge < -0.3 is 10.1 Å². The van der Waals surface area contributed by atoms with Gasteiger partial charge in [-0.05, 0) is 55.9 Å². The second-order valence-corrected chi connectivity index (χ2v) is 7.13. The van der Waals surface area contributed by atoms with Gasteiger partial charge in [0.25, 0.3) is 0 Å². The summed E-state index contributed by atoms with van der Waals surface area (Å²) < 4.78 is 5.60. The summed E-state index contributed by atoms with van der Waals surface area (Å²) in [6.07, 6.45) is 3.35. The number of carbonyl (C=O) groups excluding carboxylic acids is 1. The second-order valence-electron chi connectivity index (χ2n) is 7.13. The van der Waals surface area contributed by atoms with Crippen LogP contribution in [-0.4, -0.2) is 25.2 Å². The summed E-state index contributed by atoms with van der Waals surface area (Å²) in [5.74, 6) is -0.0355. The molecule has 138 valence electrons. The predicted molar refractivity (Wildman–Crippen MR) is 105 cm³/mol. The number of methoxy groups -OCH3 is 1. The lowest BCUT2D eigenvalue weighted by atomic mass is 10.0. The molecule has 26 heavy (non-hydrogen) atoms. The van der Waals surface area contributed by atoms with Gasteiger partial charge in [-0.3, -0.25) is 10.1 Å². The Morgan fingerprint density at radius 2 is 1.88 bits per heavy atom. The van der Waals surface area contributed by atoms with Gasteiger partial charge in [-0.2, -0.15) is 0 Å². The molecule has 0 saturated heterocycles. The highest BCUT2D eigenvalue weighted by Crippen LogP contribution is 2.26. The summed E-state index contributed by atoms with van der Waals surface area (Å²) in [5.41, 5.74) is 4.03. The fraction of sp³-hybridized carbons (Fsp3) is 0.409. The molecule has 1 fully saturated rings. The number of ether oxygens (including phenoxy) is 1. The molecule has 4 heteroatoms. The van der Waals surface area contributed by atoms with E-state index >= 15 is 0 Å². The number of hydrogen-bond donors (Lipinski definition) is 2. The largest absolute Gasteiger partial charge is 0.380 e. The van der Waals surface area contributed by atoms with Crippen molar-refractivity contribution in [1.82, 2.24) is 5.32 Å². The first-order valence-corrected chi connectivity index (χ1v) is 9.30. The highest BCUT2D eigenvalue weighted by atomic mass is 16.5. The van der Waals surface area contributed by atoms with Crippen molar-refractivity contribution in [3.63, 3.8) is 0 Å². The summed E-state index contributed by atoms with van der Waals surface area (Å²) in [4.78, 5) is 13.1. The molecule has 0 heterocycles. The van der Waals surface area contributed by atoms with Crippen LogP contribution in [0.25, 0.3) is 0 Å². The van der Waals surface area contributed by atoms with E-state index in [1.165, 1.54) is 0 Å². The molecule has 0 aromatic heterocycles. The second kappa shape index (κ2) is 8.47. The van der Waals surface area contributed by atoms with E-state index in [0.29, 0.717) is 0 Å². The Labute approximate surface area is 156 Å². The van der Waals surface area contributed by atoms with Gasteiger partial charge in [0.15, 0.2) is 0 Å². The predicted octanol–water partition coefficient (Wildman–Crippen LogP) is 4.14. The van der Waals surface area contributed by atoms with Gasteiger partial charge in [0.2, 0.25) is 5.91 Å². The van der Waals surface area contributed by atoms with Crippen molar-refractivity contribution in [2.24, 2.45) is 0 Å². The van der Waals surface area contributed by atoms with E-state index in [0.717, 1.165) is 41.6 Å². The molecule has 1 saturated carbocycles. The molecule has 0 aliphatic heterocycles. The highest BCUT2D eigenvalue weighted by molar-refractivity contribution is 5.96. The normalized spacial score (nSPS) is 20.7. The third-order valence-corrected chi connectivity index (χ3v) is 5.18. The number of hydrogen-bond acceptors (Lipinski definition) is 3. The van der Waals surface area contributed by atoms with Crippen molar-refractivity contribution < 1.29 is 9.53 Å². The van der Waals surface area contributed by atoms with Crippen molar-refractivity contribution in [2.75, 3.05) is 12.4 Å². The van der Waals surface area contributed by atoms with Crippen molar-refractivity contribution in [1.29, 1.82) is 0 Å². The van der Waals surface area contributed by atoms with Crippen LogP contribution in [-0.2, 0) is 9.53 Å². The minimum absolute atomic E-state index is 0.0355. The summed E-state index contributed by atoms with van der Waals surface area (Å²) >= 11 is 0. The Morgan fingerprint density at radius 3 is 2.62 bits per heavy atom. The molecule has 1 aliphatic rings. The van der Waals surface area contributed by atoms with E-state index in [-0.39, 0.29) is 18.1 Å². The summed E-state index contributed by atoms with van der Waals surface area (Å²) in [7, 11) is 1.75. The SMILES string of the molecule is CO[C@@H]1CCC[C@H]1NC(C(=O)Nc1cc(C)ccc1C)c1ccccc1. The standard InChI is InChI=1S/C22H28N2O2/c1-15-12-13-16(2)19(14-15)24-22(25)21(17-8-5-4-6-9-17)23-18-10-7-11-20(18)26-3/h4-6,8-9,12-14,18,20-21,23H,7,10-11H2,1-3H3,(H,24,25)/t18-,20-,21?/m1/s1. The number of rotatable bonds is 6. The number of anilines is 1. The molecule has 0 spiro atoms. The zero-order valence-corrected chi connectivity index (χ0v) is 15.8. The van der Waals surface area contributed by atoms with Crippen molar-refractivity contribution >= 4 is 11.6 Å². The quantitative estimate of drug-likeness (QED) is 0.821. The number of aryl methyl sites for hydroxylation is 2. The summed E-state index contributed by atoms with van der Waals surface area (Å²) in [5, 5.41) is 6.66. The number of carbonyl (C=O) groups is 1. The topological polar surface area (TPSA) is 50.4 Å². The van der Waals surface area contributed by atoms with Gasteiger partial charge in [0.1, 0.15) is 6.04 Å². The maximum Gasteiger partial charge on any atom is 0.246 e. The first kappa shape index (κ1) is 18.6. The minimum Gasteiger partial charge on any atom is -0.380 e. The van der Waals surface area contributed by atoms with Crippen LogP contribution in [0.3, 0.4) is 0 Å². The van der Waals surface area contributed by atoms with Crippen LogP contribution in [0.4, 0.5) is 5.69 Å². The van der Waals surface area contributed by atoms with E-state index in [2.05, 4.69) is 16.7 Å². The molecule has 3 rings (SSSR count). The van der Waals surface area contributed by atoms with Crippen LogP contribution in [0.5, 0.6) is 0 Å². The van der Waals surface area contributed by atoms with Crippen LogP contribution in [0.2, 0.25) is 0 Å². The van der Waals surface area contributed by atoms with Crippen molar-refractivity contribution in [2.45, 2.75) is 51.3 Å². The van der Waals surface area contributed by atoms with Gasteiger partial charge in [0.05, 0.1) is 6.10 Å². The number of amides is 1. The molecular weight excluding hydrogens is 324 g/mol. The smallest absolute Gasteiger partial charge is 0.246 e. The average molecular weight is 352 g/mol. The van der Waals surface area contributed by atoms with Gasteiger partial charge in [0, 0.05) is 18.8 Å². The Bertz CT molecular complexity index is 745. The first-order valence-electron chi connectivity index (χ1n) is 9.30. The summed E-state index contributed by atoms with van der Waals surface area (Å²) in [6, 6.07) is 15.8. The molecule has 3 atom stereocenters. The highest BCUT2D eigenvalue weighted by Gasteiger charge is 2.32. The van der Waals surface area contributed by atoms with E-state index in [1.807, 2.05) is 56.3 Å². The van der Waals surface area contributed by atoms with E-state index in [1.54, 1.807) is 7.11 Å². The molecular formula is C22H28N2O2. The minimum atomic E-state index is -0.406. The van der Waals surface area contributed by atoms with Gasteiger partial charge in [-0.25, -0.2) is 0 Å². The summed E-state index contributed by atoms with van der Waals surface area (Å²) in [6.45, 7) is 4.04. The molecule has 2 N–H and O–H groups in total. The fourth-order valence-electron chi connectivity index (χ4n) is 3.66. The molecule has 4 nitrogen and oxygen atoms in total. The fourth-order valence-corrected chi connectivity index (χ4v) is 3.66. The molecule has 0 radical (unpaired) electrons. The Balaban J connectivity index is 1.83. The van der Waals surface area contributed by atoms with Crippen LogP contribution in [0, 0.1) is 13.8 Å². The Hall–Kier alpha value is -2.17. The maximum absolute atomic E-state index is 13.1. The molecule has 2 aromatic carbocycles. The first-order chi connectivity index (χ1) is 12.6. The van der Waals surface area contributed by atoms with Crippen molar-refractivity contribution in [3.05, 3.63) is 65.2 Å². The zero-order valence-electron chi connectivity index (χ0n) is 15.8. The lowest BCUT2D eigenvalue weighted by Crippen LogP contribution is -2.43. The molecule has 1 unspecified atom stereocenters. The van der Waals surface area contributed by atoms with E-state index < -0.39 is 6.04 Å². The van der Waals surface area contributed by atoms with Gasteiger partial charge in [-0.15, -0.1) is 0 Å². The van der Waals surface area contributed by atoms with Gasteiger partial charge >= 0.3 is 0 Å². The van der Waals surface area contributed by atoms with Gasteiger partial charge in [-0.1, -0.05) is 42.5 Å². The third-order valence-electron chi connectivity index (χ3n) is 5.18. The Morgan fingerprint density at radius 1 is 1.12 bits per heavy atom. The number of benzene rings is 2. The van der Waals surface area contributed by atoms with Crippen LogP contribution in [0.1, 0.15) is 42.0 Å². The molecule has 2 aromatic rings. The van der Waals surface area contributed by atoms with Crippen molar-refractivity contribution in [3.8, 4) is 0 Å². The third kappa shape index (κ3) is 4.32. The Kier molecular flexibility index (Phi) is 6.07. The zero-order chi connectivity index (χ0) is 18.5. The maximum atomic E-state index is 13.1. The van der Waals surface area contributed by atoms with E-state index in [9.17, 15) is 4.79 Å². The molecule has 1 aliphatic carbocycles. The lowest BCUT2D eigenvalue weighted by molar-refractivity contribution is -0.118. The average Bonchev–Trinajstić information content (AvgIpc) is 3.10. The molecule has 0 bridgehead atoms.